The summed E-state index contributed by atoms with van der Waals surface area (Å²) in [6.45, 7) is 5.85. The number of aryl methyl sites for hydroxylation is 1. The number of ether oxygens (including phenoxy) is 1. The first-order chi connectivity index (χ1) is 21.9. The van der Waals surface area contributed by atoms with Crippen LogP contribution < -0.4 is 4.74 Å². The highest BCUT2D eigenvalue weighted by molar-refractivity contribution is 5.97. The molecule has 0 radical (unpaired) electrons. The van der Waals surface area contributed by atoms with Gasteiger partial charge in [0.2, 0.25) is 5.91 Å². The SMILES string of the molecule is CCCCN(C)C(=O)CCCCCCCC/C=C/c1cc2cc(OCc3ccccc3)ccc2c2c1C1=CC[C@H](O)[C@@]1(C)CC2. The molecule has 3 aromatic rings. The molecule has 0 unspecified atom stereocenters. The first kappa shape index (κ1) is 33.0. The summed E-state index contributed by atoms with van der Waals surface area (Å²) in [7, 11) is 1.94. The van der Waals surface area contributed by atoms with Gasteiger partial charge < -0.3 is 14.7 Å². The molecule has 0 aromatic heterocycles. The summed E-state index contributed by atoms with van der Waals surface area (Å²) in [5.74, 6) is 1.19. The number of carbonyl (C=O) groups is 1. The molecular formula is C41H53NO3. The Hall–Kier alpha value is -3.37. The van der Waals surface area contributed by atoms with Crippen LogP contribution in [0, 0.1) is 5.41 Å². The van der Waals surface area contributed by atoms with Gasteiger partial charge in [-0.3, -0.25) is 4.79 Å². The maximum atomic E-state index is 12.2. The van der Waals surface area contributed by atoms with Crippen molar-refractivity contribution >= 4 is 28.3 Å². The van der Waals surface area contributed by atoms with Crippen molar-refractivity contribution < 1.29 is 14.6 Å². The topological polar surface area (TPSA) is 49.8 Å². The molecule has 0 saturated heterocycles. The zero-order valence-electron chi connectivity index (χ0n) is 27.8. The molecule has 0 bridgehead atoms. The van der Waals surface area contributed by atoms with Gasteiger partial charge in [-0.05, 0) is 102 Å². The second-order valence-electron chi connectivity index (χ2n) is 13.5. The van der Waals surface area contributed by atoms with Gasteiger partial charge in [0.1, 0.15) is 12.4 Å². The van der Waals surface area contributed by atoms with Gasteiger partial charge in [-0.15, -0.1) is 0 Å². The van der Waals surface area contributed by atoms with E-state index < -0.39 is 0 Å². The molecule has 4 nitrogen and oxygen atoms in total. The highest BCUT2D eigenvalue weighted by Crippen LogP contribution is 2.54. The molecule has 45 heavy (non-hydrogen) atoms. The van der Waals surface area contributed by atoms with Crippen LogP contribution in [0.3, 0.4) is 0 Å². The van der Waals surface area contributed by atoms with Crippen LogP contribution >= 0.6 is 0 Å². The van der Waals surface area contributed by atoms with Crippen molar-refractivity contribution in [1.29, 1.82) is 0 Å². The largest absolute Gasteiger partial charge is 0.489 e. The Morgan fingerprint density at radius 2 is 1.80 bits per heavy atom. The van der Waals surface area contributed by atoms with Crippen molar-refractivity contribution in [1.82, 2.24) is 4.90 Å². The number of aliphatic hydroxyl groups excluding tert-OH is 1. The summed E-state index contributed by atoms with van der Waals surface area (Å²) >= 11 is 0. The summed E-state index contributed by atoms with van der Waals surface area (Å²) in [5.41, 5.74) is 6.34. The number of amides is 1. The second-order valence-corrected chi connectivity index (χ2v) is 13.5. The summed E-state index contributed by atoms with van der Waals surface area (Å²) in [6.07, 6.45) is 20.3. The number of unbranched alkanes of at least 4 members (excludes halogenated alkanes) is 7. The normalized spacial score (nSPS) is 19.0. The molecule has 0 saturated carbocycles. The number of aliphatic hydroxyl groups is 1. The Kier molecular flexibility index (Phi) is 11.6. The number of allylic oxidation sites excluding steroid dienone is 1. The first-order valence-electron chi connectivity index (χ1n) is 17.5. The van der Waals surface area contributed by atoms with Gasteiger partial charge in [0.05, 0.1) is 6.10 Å². The Morgan fingerprint density at radius 3 is 2.60 bits per heavy atom. The number of nitrogens with zero attached hydrogens (tertiary/aromatic N) is 1. The fourth-order valence-electron chi connectivity index (χ4n) is 7.17. The van der Waals surface area contributed by atoms with E-state index in [0.717, 1.165) is 63.7 Å². The molecule has 1 amide bonds. The third-order valence-corrected chi connectivity index (χ3v) is 10.1. The van der Waals surface area contributed by atoms with E-state index in [-0.39, 0.29) is 11.5 Å². The van der Waals surface area contributed by atoms with Crippen molar-refractivity contribution in [2.75, 3.05) is 13.6 Å². The lowest BCUT2D eigenvalue weighted by Crippen LogP contribution is -2.33. The minimum absolute atomic E-state index is 0.169. The molecule has 1 N–H and O–H groups in total. The fraction of sp³-hybridized carbons (Fsp3) is 0.488. The van der Waals surface area contributed by atoms with Crippen molar-refractivity contribution in [2.45, 2.75) is 110 Å². The van der Waals surface area contributed by atoms with E-state index in [1.54, 1.807) is 0 Å². The minimum atomic E-state index is -0.304. The maximum absolute atomic E-state index is 12.2. The van der Waals surface area contributed by atoms with Crippen molar-refractivity contribution in [3.8, 4) is 5.75 Å². The second kappa shape index (κ2) is 15.8. The van der Waals surface area contributed by atoms with E-state index in [2.05, 4.69) is 68.5 Å². The van der Waals surface area contributed by atoms with Gasteiger partial charge in [-0.1, -0.05) is 101 Å². The Bertz CT molecular complexity index is 1490. The molecular weight excluding hydrogens is 554 g/mol. The zero-order valence-corrected chi connectivity index (χ0v) is 27.8. The van der Waals surface area contributed by atoms with Crippen LogP contribution in [0.1, 0.15) is 113 Å². The molecule has 2 aliphatic rings. The van der Waals surface area contributed by atoms with E-state index in [0.29, 0.717) is 18.9 Å². The van der Waals surface area contributed by atoms with Crippen LogP contribution in [0.15, 0.2) is 66.7 Å². The summed E-state index contributed by atoms with van der Waals surface area (Å²) in [4.78, 5) is 14.1. The van der Waals surface area contributed by atoms with Crippen LogP contribution in [0.4, 0.5) is 0 Å². The lowest BCUT2D eigenvalue weighted by atomic mass is 9.67. The molecule has 0 fully saturated rings. The standard InChI is InChI=1S/C41H53NO3/c1-4-5-27-42(3)39(44)20-16-11-9-7-6-8-10-15-19-32-28-33-29-34(45-30-31-17-13-12-14-18-31)21-22-35(33)36-25-26-41(2)37(40(32)36)23-24-38(41)43/h12-15,17-19,21-23,28-29,38,43H,4-11,16,20,24-27,30H2,1-3H3/b19-15+/t38-,41-/m0/s1. The van der Waals surface area contributed by atoms with Crippen LogP contribution in [0.2, 0.25) is 0 Å². The lowest BCUT2D eigenvalue weighted by Gasteiger charge is -2.38. The Balaban J connectivity index is 1.20. The molecule has 0 spiro atoms. The minimum Gasteiger partial charge on any atom is -0.489 e. The van der Waals surface area contributed by atoms with Gasteiger partial charge in [-0.2, -0.15) is 0 Å². The van der Waals surface area contributed by atoms with Crippen LogP contribution in [-0.2, 0) is 17.8 Å². The Morgan fingerprint density at radius 1 is 1.02 bits per heavy atom. The van der Waals surface area contributed by atoms with Gasteiger partial charge >= 0.3 is 0 Å². The van der Waals surface area contributed by atoms with Crippen LogP contribution in [0.25, 0.3) is 22.4 Å². The number of rotatable bonds is 16. The molecule has 3 aromatic carbocycles. The van der Waals surface area contributed by atoms with Crippen molar-refractivity contribution in [2.24, 2.45) is 5.41 Å². The van der Waals surface area contributed by atoms with Crippen molar-refractivity contribution in [3.05, 3.63) is 89.0 Å². The van der Waals surface area contributed by atoms with E-state index in [9.17, 15) is 9.90 Å². The molecule has 5 rings (SSSR count). The molecule has 4 heteroatoms. The molecule has 0 aliphatic heterocycles. The summed E-state index contributed by atoms with van der Waals surface area (Å²) < 4.78 is 6.20. The first-order valence-corrected chi connectivity index (χ1v) is 17.5. The predicted molar refractivity (Wildman–Crippen MR) is 188 cm³/mol. The number of benzene rings is 3. The van der Waals surface area contributed by atoms with E-state index in [1.807, 2.05) is 30.1 Å². The van der Waals surface area contributed by atoms with E-state index in [1.165, 1.54) is 64.3 Å². The van der Waals surface area contributed by atoms with Gasteiger partial charge in [0, 0.05) is 25.4 Å². The summed E-state index contributed by atoms with van der Waals surface area (Å²) in [5, 5.41) is 13.4. The number of carbonyl (C=O) groups excluding carboxylic acids is 1. The van der Waals surface area contributed by atoms with Gasteiger partial charge in [0.25, 0.3) is 0 Å². The monoisotopic (exact) mass is 607 g/mol. The van der Waals surface area contributed by atoms with Crippen LogP contribution in [0.5, 0.6) is 5.75 Å². The number of hydrogen-bond acceptors (Lipinski definition) is 3. The van der Waals surface area contributed by atoms with Gasteiger partial charge in [-0.25, -0.2) is 0 Å². The fourth-order valence-corrected chi connectivity index (χ4v) is 7.17. The zero-order chi connectivity index (χ0) is 31.6. The van der Waals surface area contributed by atoms with E-state index in [4.69, 9.17) is 4.74 Å². The summed E-state index contributed by atoms with van der Waals surface area (Å²) in [6, 6.07) is 19.2. The number of fused-ring (bicyclic) bond motifs is 5. The molecule has 0 heterocycles. The maximum Gasteiger partial charge on any atom is 0.222 e. The van der Waals surface area contributed by atoms with E-state index >= 15 is 0 Å². The predicted octanol–water partition coefficient (Wildman–Crippen LogP) is 9.91. The lowest BCUT2D eigenvalue weighted by molar-refractivity contribution is -0.130. The third-order valence-electron chi connectivity index (χ3n) is 10.1. The van der Waals surface area contributed by atoms with Gasteiger partial charge in [0.15, 0.2) is 0 Å². The average molecular weight is 608 g/mol. The average Bonchev–Trinajstić information content (AvgIpc) is 3.37. The molecule has 240 valence electrons. The molecule has 2 atom stereocenters. The quantitative estimate of drug-likeness (QED) is 0.165. The smallest absolute Gasteiger partial charge is 0.222 e. The Labute approximate surface area is 271 Å². The third kappa shape index (κ3) is 8.08. The molecule has 2 aliphatic carbocycles. The highest BCUT2D eigenvalue weighted by Gasteiger charge is 2.44. The number of hydrogen-bond donors (Lipinski definition) is 1. The van der Waals surface area contributed by atoms with Crippen LogP contribution in [-0.4, -0.2) is 35.6 Å². The van der Waals surface area contributed by atoms with Crippen molar-refractivity contribution in [3.63, 3.8) is 0 Å². The highest BCUT2D eigenvalue weighted by atomic mass is 16.5.